The van der Waals surface area contributed by atoms with Crippen molar-refractivity contribution < 1.29 is 19.1 Å². The van der Waals surface area contributed by atoms with Crippen LogP contribution in [0, 0.1) is 5.92 Å². The highest BCUT2D eigenvalue weighted by Crippen LogP contribution is 2.26. The van der Waals surface area contributed by atoms with E-state index in [0.717, 1.165) is 16.7 Å². The number of hydrogen-bond donors (Lipinski definition) is 1. The Kier molecular flexibility index (Phi) is 9.86. The minimum absolute atomic E-state index is 0.109. The SMILES string of the molecule is CC(NC(=O)OC(C)(C)C)C1=CC(Cc2ccccc2)C(=S)N(C(C)C(=O)OCc2ccccc2)CC1. The van der Waals surface area contributed by atoms with Crippen molar-refractivity contribution in [1.29, 1.82) is 0 Å². The first kappa shape index (κ1) is 28.4. The second-order valence-corrected chi connectivity index (χ2v) is 10.9. The summed E-state index contributed by atoms with van der Waals surface area (Å²) < 4.78 is 11.1. The number of hydrogen-bond acceptors (Lipinski definition) is 5. The van der Waals surface area contributed by atoms with E-state index in [1.54, 1.807) is 0 Å². The van der Waals surface area contributed by atoms with Crippen LogP contribution in [0.2, 0.25) is 0 Å². The van der Waals surface area contributed by atoms with E-state index >= 15 is 0 Å². The van der Waals surface area contributed by atoms with Crippen molar-refractivity contribution in [3.63, 3.8) is 0 Å². The molecule has 6 nitrogen and oxygen atoms in total. The maximum Gasteiger partial charge on any atom is 0.408 e. The Morgan fingerprint density at radius 1 is 1.03 bits per heavy atom. The highest BCUT2D eigenvalue weighted by molar-refractivity contribution is 7.80. The van der Waals surface area contributed by atoms with E-state index in [4.69, 9.17) is 21.7 Å². The molecule has 3 rings (SSSR count). The maximum atomic E-state index is 13.0. The van der Waals surface area contributed by atoms with E-state index in [1.807, 2.05) is 88.0 Å². The van der Waals surface area contributed by atoms with Gasteiger partial charge in [-0.15, -0.1) is 0 Å². The molecule has 0 bridgehead atoms. The van der Waals surface area contributed by atoms with Crippen LogP contribution < -0.4 is 5.32 Å². The molecule has 1 heterocycles. The normalized spacial score (nSPS) is 17.8. The molecule has 1 amide bonds. The smallest absolute Gasteiger partial charge is 0.408 e. The van der Waals surface area contributed by atoms with Gasteiger partial charge in [-0.1, -0.05) is 79.0 Å². The van der Waals surface area contributed by atoms with Gasteiger partial charge in [0.05, 0.1) is 11.0 Å². The van der Waals surface area contributed by atoms with Gasteiger partial charge in [0.15, 0.2) is 0 Å². The first-order chi connectivity index (χ1) is 17.5. The molecule has 1 aliphatic heterocycles. The number of rotatable bonds is 8. The van der Waals surface area contributed by atoms with Crippen LogP contribution in [0.1, 0.15) is 52.2 Å². The lowest BCUT2D eigenvalue weighted by atomic mass is 9.94. The second-order valence-electron chi connectivity index (χ2n) is 10.5. The average Bonchev–Trinajstić information content (AvgIpc) is 3.01. The summed E-state index contributed by atoms with van der Waals surface area (Å²) in [6.07, 6.45) is 3.05. The van der Waals surface area contributed by atoms with E-state index in [1.165, 1.54) is 0 Å². The van der Waals surface area contributed by atoms with Crippen molar-refractivity contribution in [1.82, 2.24) is 10.2 Å². The summed E-state index contributed by atoms with van der Waals surface area (Å²) in [5, 5.41) is 2.96. The molecule has 3 unspecified atom stereocenters. The molecule has 0 aromatic heterocycles. The molecular weight excluding hydrogens is 484 g/mol. The fraction of sp³-hybridized carbons (Fsp3) is 0.433. The Labute approximate surface area is 226 Å². The van der Waals surface area contributed by atoms with Gasteiger partial charge in [-0.3, -0.25) is 0 Å². The number of nitrogens with one attached hydrogen (secondary N) is 1. The van der Waals surface area contributed by atoms with Crippen LogP contribution in [-0.4, -0.2) is 46.2 Å². The Hall–Kier alpha value is -3.19. The number of ether oxygens (including phenoxy) is 2. The van der Waals surface area contributed by atoms with Gasteiger partial charge in [0.1, 0.15) is 18.2 Å². The number of benzene rings is 2. The Balaban J connectivity index is 1.76. The molecule has 37 heavy (non-hydrogen) atoms. The van der Waals surface area contributed by atoms with Crippen LogP contribution in [-0.2, 0) is 27.3 Å². The van der Waals surface area contributed by atoms with Crippen molar-refractivity contribution in [2.45, 2.75) is 71.8 Å². The molecule has 2 aromatic carbocycles. The van der Waals surface area contributed by atoms with Gasteiger partial charge in [-0.2, -0.15) is 0 Å². The summed E-state index contributed by atoms with van der Waals surface area (Å²) in [6, 6.07) is 19.0. The van der Waals surface area contributed by atoms with Crippen LogP contribution >= 0.6 is 12.2 Å². The number of nitrogens with zero attached hydrogens (tertiary/aromatic N) is 1. The maximum absolute atomic E-state index is 13.0. The van der Waals surface area contributed by atoms with E-state index in [9.17, 15) is 9.59 Å². The van der Waals surface area contributed by atoms with E-state index in [2.05, 4.69) is 23.5 Å². The highest BCUT2D eigenvalue weighted by Gasteiger charge is 2.32. The number of carbonyl (C=O) groups is 2. The van der Waals surface area contributed by atoms with Gasteiger partial charge in [0.25, 0.3) is 0 Å². The van der Waals surface area contributed by atoms with Crippen LogP contribution in [0.25, 0.3) is 0 Å². The first-order valence-electron chi connectivity index (χ1n) is 12.8. The predicted octanol–water partition coefficient (Wildman–Crippen LogP) is 5.85. The van der Waals surface area contributed by atoms with Crippen LogP contribution in [0.4, 0.5) is 4.79 Å². The molecule has 0 saturated carbocycles. The van der Waals surface area contributed by atoms with Crippen LogP contribution in [0.5, 0.6) is 0 Å². The molecule has 3 atom stereocenters. The quantitative estimate of drug-likeness (QED) is 0.267. The Morgan fingerprint density at radius 2 is 1.62 bits per heavy atom. The summed E-state index contributed by atoms with van der Waals surface area (Å²) in [4.78, 5) is 28.1. The first-order valence-corrected chi connectivity index (χ1v) is 13.2. The lowest BCUT2D eigenvalue weighted by molar-refractivity contribution is -0.149. The molecule has 7 heteroatoms. The summed E-state index contributed by atoms with van der Waals surface area (Å²) in [6.45, 7) is 10.1. The van der Waals surface area contributed by atoms with E-state index in [-0.39, 0.29) is 24.5 Å². The molecule has 1 aliphatic rings. The van der Waals surface area contributed by atoms with Crippen molar-refractivity contribution in [3.05, 3.63) is 83.4 Å². The summed E-state index contributed by atoms with van der Waals surface area (Å²) >= 11 is 5.97. The highest BCUT2D eigenvalue weighted by atomic mass is 32.1. The molecule has 2 aromatic rings. The number of alkyl carbamates (subject to hydrolysis) is 1. The zero-order valence-electron chi connectivity index (χ0n) is 22.4. The Morgan fingerprint density at radius 3 is 2.22 bits per heavy atom. The fourth-order valence-corrected chi connectivity index (χ4v) is 4.70. The van der Waals surface area contributed by atoms with Gasteiger partial charge in [-0.25, -0.2) is 9.59 Å². The minimum Gasteiger partial charge on any atom is -0.459 e. The second kappa shape index (κ2) is 12.9. The van der Waals surface area contributed by atoms with E-state index < -0.39 is 17.7 Å². The van der Waals surface area contributed by atoms with Crippen LogP contribution in [0.3, 0.4) is 0 Å². The van der Waals surface area contributed by atoms with Gasteiger partial charge in [-0.05, 0) is 64.2 Å². The van der Waals surface area contributed by atoms with Crippen molar-refractivity contribution in [3.8, 4) is 0 Å². The van der Waals surface area contributed by atoms with Gasteiger partial charge < -0.3 is 19.7 Å². The van der Waals surface area contributed by atoms with Crippen molar-refractivity contribution in [2.24, 2.45) is 5.92 Å². The number of amides is 1. The third-order valence-corrected chi connectivity index (χ3v) is 6.81. The average molecular weight is 523 g/mol. The zero-order valence-corrected chi connectivity index (χ0v) is 23.2. The monoisotopic (exact) mass is 522 g/mol. The number of carbonyl (C=O) groups excluding carboxylic acids is 2. The largest absolute Gasteiger partial charge is 0.459 e. The predicted molar refractivity (Wildman–Crippen MR) is 150 cm³/mol. The van der Waals surface area contributed by atoms with Gasteiger partial charge in [0, 0.05) is 12.5 Å². The molecule has 0 radical (unpaired) electrons. The molecule has 0 fully saturated rings. The lowest BCUT2D eigenvalue weighted by Crippen LogP contribution is -2.45. The van der Waals surface area contributed by atoms with Crippen molar-refractivity contribution >= 4 is 29.3 Å². The topological polar surface area (TPSA) is 67.9 Å². The summed E-state index contributed by atoms with van der Waals surface area (Å²) in [5.74, 6) is -0.421. The third-order valence-electron chi connectivity index (χ3n) is 6.28. The minimum atomic E-state index is -0.578. The van der Waals surface area contributed by atoms with E-state index in [0.29, 0.717) is 24.4 Å². The molecule has 0 aliphatic carbocycles. The third kappa shape index (κ3) is 8.71. The zero-order chi connectivity index (χ0) is 27.0. The molecular formula is C30H38N2O4S. The Bertz CT molecular complexity index is 1100. The van der Waals surface area contributed by atoms with Crippen LogP contribution in [0.15, 0.2) is 72.3 Å². The fourth-order valence-electron chi connectivity index (χ4n) is 4.30. The lowest BCUT2D eigenvalue weighted by Gasteiger charge is -2.31. The molecule has 0 saturated heterocycles. The summed E-state index contributed by atoms with van der Waals surface area (Å²) in [7, 11) is 0. The summed E-state index contributed by atoms with van der Waals surface area (Å²) in [5.41, 5.74) is 2.57. The number of thiocarbonyl (C=S) groups is 1. The van der Waals surface area contributed by atoms with Gasteiger partial charge in [0.2, 0.25) is 0 Å². The van der Waals surface area contributed by atoms with Gasteiger partial charge >= 0.3 is 12.1 Å². The molecule has 1 N–H and O–H groups in total. The standard InChI is InChI=1S/C30H38N2O4S/c1-21(31-29(34)36-30(3,4)5)25-16-17-32(22(2)28(33)35-20-24-14-10-7-11-15-24)27(37)26(19-25)18-23-12-8-6-9-13-23/h6-15,19,21-22,26H,16-18,20H2,1-5H3,(H,31,34). The molecule has 198 valence electrons. The number of esters is 1. The van der Waals surface area contributed by atoms with Crippen molar-refractivity contribution in [2.75, 3.05) is 6.54 Å². The molecule has 0 spiro atoms.